The highest BCUT2D eigenvalue weighted by atomic mass is 19.4. The molecule has 0 spiro atoms. The van der Waals surface area contributed by atoms with E-state index >= 15 is 0 Å². The standard InChI is InChI=1S/C11H10F3NO/c1-2-8-5-7-6-9(16-11(12,13)14)3-4-10(7)15-8/h3-4,6H,2,5H2,1H3. The Balaban J connectivity index is 2.20. The highest BCUT2D eigenvalue weighted by Gasteiger charge is 2.31. The van der Waals surface area contributed by atoms with Gasteiger partial charge in [-0.3, -0.25) is 4.99 Å². The van der Waals surface area contributed by atoms with Gasteiger partial charge in [0.1, 0.15) is 5.75 Å². The highest BCUT2D eigenvalue weighted by Crippen LogP contribution is 2.32. The molecule has 1 aliphatic heterocycles. The zero-order valence-electron chi connectivity index (χ0n) is 8.64. The topological polar surface area (TPSA) is 21.6 Å². The molecule has 0 N–H and O–H groups in total. The van der Waals surface area contributed by atoms with E-state index in [4.69, 9.17) is 0 Å². The van der Waals surface area contributed by atoms with Crippen LogP contribution in [0.1, 0.15) is 18.9 Å². The first-order chi connectivity index (χ1) is 7.48. The second kappa shape index (κ2) is 3.81. The largest absolute Gasteiger partial charge is 0.573 e. The summed E-state index contributed by atoms with van der Waals surface area (Å²) >= 11 is 0. The minimum absolute atomic E-state index is 0.182. The van der Waals surface area contributed by atoms with Gasteiger partial charge in [0, 0.05) is 12.1 Å². The second-order valence-corrected chi connectivity index (χ2v) is 3.55. The molecule has 1 aromatic rings. The second-order valence-electron chi connectivity index (χ2n) is 3.55. The normalized spacial score (nSPS) is 14.6. The third-order valence-electron chi connectivity index (χ3n) is 2.37. The predicted octanol–water partition coefficient (Wildman–Crippen LogP) is 3.62. The number of hydrogen-bond donors (Lipinski definition) is 0. The van der Waals surface area contributed by atoms with Crippen LogP contribution in [0.4, 0.5) is 18.9 Å². The maximum atomic E-state index is 12.0. The molecule has 0 saturated heterocycles. The van der Waals surface area contributed by atoms with Crippen molar-refractivity contribution in [3.63, 3.8) is 0 Å². The molecule has 16 heavy (non-hydrogen) atoms. The van der Waals surface area contributed by atoms with Gasteiger partial charge in [0.15, 0.2) is 0 Å². The SMILES string of the molecule is CCC1=Nc2ccc(OC(F)(F)F)cc2C1. The van der Waals surface area contributed by atoms with Crippen LogP contribution in [0.5, 0.6) is 5.75 Å². The molecule has 0 aliphatic carbocycles. The van der Waals surface area contributed by atoms with Gasteiger partial charge in [0.25, 0.3) is 0 Å². The molecule has 0 fully saturated rings. The molecule has 2 nitrogen and oxygen atoms in total. The number of aliphatic imine (C=N–C) groups is 1. The molecule has 86 valence electrons. The number of ether oxygens (including phenoxy) is 1. The molecule has 0 radical (unpaired) electrons. The van der Waals surface area contributed by atoms with Crippen molar-refractivity contribution in [2.75, 3.05) is 0 Å². The van der Waals surface area contributed by atoms with E-state index in [1.54, 1.807) is 6.07 Å². The van der Waals surface area contributed by atoms with E-state index < -0.39 is 6.36 Å². The molecular formula is C11H10F3NO. The molecule has 0 bridgehead atoms. The maximum absolute atomic E-state index is 12.0. The fourth-order valence-corrected chi connectivity index (χ4v) is 1.64. The van der Waals surface area contributed by atoms with Crippen LogP contribution in [0.15, 0.2) is 23.2 Å². The van der Waals surface area contributed by atoms with Gasteiger partial charge in [-0.2, -0.15) is 0 Å². The third kappa shape index (κ3) is 2.35. The Labute approximate surface area is 90.8 Å². The first kappa shape index (κ1) is 11.0. The first-order valence-corrected chi connectivity index (χ1v) is 4.93. The lowest BCUT2D eigenvalue weighted by Gasteiger charge is -2.09. The van der Waals surface area contributed by atoms with Gasteiger partial charge in [-0.15, -0.1) is 13.2 Å². The molecule has 0 saturated carbocycles. The molecular weight excluding hydrogens is 219 g/mol. The van der Waals surface area contributed by atoms with Crippen LogP contribution < -0.4 is 4.74 Å². The summed E-state index contributed by atoms with van der Waals surface area (Å²) in [5.74, 6) is -0.182. The van der Waals surface area contributed by atoms with E-state index in [0.29, 0.717) is 6.42 Å². The Hall–Kier alpha value is -1.52. The summed E-state index contributed by atoms with van der Waals surface area (Å²) in [4.78, 5) is 4.29. The van der Waals surface area contributed by atoms with Crippen LogP contribution in [0.3, 0.4) is 0 Å². The predicted molar refractivity (Wildman–Crippen MR) is 54.2 cm³/mol. The summed E-state index contributed by atoms with van der Waals surface area (Å²) < 4.78 is 39.8. The lowest BCUT2D eigenvalue weighted by atomic mass is 10.1. The van der Waals surface area contributed by atoms with Gasteiger partial charge in [-0.1, -0.05) is 6.92 Å². The molecule has 0 unspecified atom stereocenters. The maximum Gasteiger partial charge on any atom is 0.573 e. The van der Waals surface area contributed by atoms with Gasteiger partial charge in [-0.05, 0) is 30.2 Å². The van der Waals surface area contributed by atoms with Crippen molar-refractivity contribution in [2.24, 2.45) is 4.99 Å². The van der Waals surface area contributed by atoms with E-state index in [-0.39, 0.29) is 5.75 Å². The van der Waals surface area contributed by atoms with Gasteiger partial charge < -0.3 is 4.74 Å². The molecule has 2 rings (SSSR count). The van der Waals surface area contributed by atoms with E-state index in [9.17, 15) is 13.2 Å². The third-order valence-corrected chi connectivity index (χ3v) is 2.37. The average molecular weight is 229 g/mol. The Kier molecular flexibility index (Phi) is 2.61. The van der Waals surface area contributed by atoms with E-state index in [1.165, 1.54) is 12.1 Å². The van der Waals surface area contributed by atoms with Crippen LogP contribution in [0, 0.1) is 0 Å². The van der Waals surface area contributed by atoms with Crippen molar-refractivity contribution in [2.45, 2.75) is 26.1 Å². The molecule has 1 heterocycles. The van der Waals surface area contributed by atoms with E-state index in [1.807, 2.05) is 6.92 Å². The summed E-state index contributed by atoms with van der Waals surface area (Å²) in [5.41, 5.74) is 2.52. The van der Waals surface area contributed by atoms with Gasteiger partial charge in [0.2, 0.25) is 0 Å². The summed E-state index contributed by atoms with van der Waals surface area (Å²) in [6.07, 6.45) is -3.22. The summed E-state index contributed by atoms with van der Waals surface area (Å²) in [5, 5.41) is 0. The van der Waals surface area contributed by atoms with Crippen LogP contribution >= 0.6 is 0 Å². The fraction of sp³-hybridized carbons (Fsp3) is 0.364. The molecule has 1 aliphatic rings. The number of benzene rings is 1. The highest BCUT2D eigenvalue weighted by molar-refractivity contribution is 5.93. The zero-order valence-corrected chi connectivity index (χ0v) is 8.64. The quantitative estimate of drug-likeness (QED) is 0.758. The minimum atomic E-state index is -4.64. The number of hydrogen-bond acceptors (Lipinski definition) is 2. The molecule has 0 amide bonds. The molecule has 0 aromatic heterocycles. The van der Waals surface area contributed by atoms with Crippen LogP contribution in [-0.4, -0.2) is 12.1 Å². The van der Waals surface area contributed by atoms with E-state index in [2.05, 4.69) is 9.73 Å². The van der Waals surface area contributed by atoms with Crippen molar-refractivity contribution in [1.29, 1.82) is 0 Å². The van der Waals surface area contributed by atoms with Gasteiger partial charge in [-0.25, -0.2) is 0 Å². The number of nitrogens with zero attached hydrogens (tertiary/aromatic N) is 1. The number of halogens is 3. The lowest BCUT2D eigenvalue weighted by molar-refractivity contribution is -0.274. The number of fused-ring (bicyclic) bond motifs is 1. The van der Waals surface area contributed by atoms with Crippen LogP contribution in [0.25, 0.3) is 0 Å². The monoisotopic (exact) mass is 229 g/mol. The Morgan fingerprint density at radius 2 is 2.12 bits per heavy atom. The van der Waals surface area contributed by atoms with Crippen molar-refractivity contribution >= 4 is 11.4 Å². The zero-order chi connectivity index (χ0) is 11.8. The van der Waals surface area contributed by atoms with Crippen LogP contribution in [0.2, 0.25) is 0 Å². The minimum Gasteiger partial charge on any atom is -0.406 e. The molecule has 1 aromatic carbocycles. The molecule has 5 heteroatoms. The molecule has 0 atom stereocenters. The summed E-state index contributed by atoms with van der Waals surface area (Å²) in [6, 6.07) is 4.24. The van der Waals surface area contributed by atoms with Crippen molar-refractivity contribution in [3.05, 3.63) is 23.8 Å². The summed E-state index contributed by atoms with van der Waals surface area (Å²) in [6.45, 7) is 1.97. The van der Waals surface area contributed by atoms with E-state index in [0.717, 1.165) is 23.4 Å². The van der Waals surface area contributed by atoms with Gasteiger partial charge in [0.05, 0.1) is 5.69 Å². The van der Waals surface area contributed by atoms with Crippen molar-refractivity contribution in [3.8, 4) is 5.75 Å². The lowest BCUT2D eigenvalue weighted by Crippen LogP contribution is -2.17. The number of alkyl halides is 3. The first-order valence-electron chi connectivity index (χ1n) is 4.93. The smallest absolute Gasteiger partial charge is 0.406 e. The summed E-state index contributed by atoms with van der Waals surface area (Å²) in [7, 11) is 0. The Morgan fingerprint density at radius 3 is 2.75 bits per heavy atom. The Bertz CT molecular complexity index is 437. The Morgan fingerprint density at radius 1 is 1.38 bits per heavy atom. The van der Waals surface area contributed by atoms with Gasteiger partial charge >= 0.3 is 6.36 Å². The van der Waals surface area contributed by atoms with Crippen LogP contribution in [-0.2, 0) is 6.42 Å². The van der Waals surface area contributed by atoms with Crippen molar-refractivity contribution in [1.82, 2.24) is 0 Å². The van der Waals surface area contributed by atoms with Crippen molar-refractivity contribution < 1.29 is 17.9 Å². The number of rotatable bonds is 2. The average Bonchev–Trinajstić information content (AvgIpc) is 2.57. The fourth-order valence-electron chi connectivity index (χ4n) is 1.64.